The van der Waals surface area contributed by atoms with Crippen LogP contribution in [0.15, 0.2) is 0 Å². The van der Waals surface area contributed by atoms with E-state index in [1.165, 1.54) is 6.42 Å². The molecule has 1 saturated carbocycles. The van der Waals surface area contributed by atoms with E-state index in [-0.39, 0.29) is 11.6 Å². The van der Waals surface area contributed by atoms with Gasteiger partial charge in [0.15, 0.2) is 0 Å². The number of amides is 2. The highest BCUT2D eigenvalue weighted by Crippen LogP contribution is 2.34. The van der Waals surface area contributed by atoms with E-state index in [0.29, 0.717) is 0 Å². The second-order valence-corrected chi connectivity index (χ2v) is 3.81. The highest BCUT2D eigenvalue weighted by molar-refractivity contribution is 5.74. The van der Waals surface area contributed by atoms with Gasteiger partial charge >= 0.3 is 6.03 Å². The molecule has 1 aliphatic rings. The fraction of sp³-hybridized carbons (Fsp3) is 0.889. The van der Waals surface area contributed by atoms with Crippen LogP contribution >= 0.6 is 0 Å². The molecule has 2 amide bonds. The Labute approximate surface area is 74.1 Å². The Bertz CT molecular complexity index is 168. The number of nitrogens with zero attached hydrogens (tertiary/aromatic N) is 1. The molecule has 0 saturated heterocycles. The van der Waals surface area contributed by atoms with Crippen LogP contribution in [-0.2, 0) is 0 Å². The second-order valence-electron chi connectivity index (χ2n) is 3.81. The summed E-state index contributed by atoms with van der Waals surface area (Å²) in [6, 6.07) is 0.0385. The van der Waals surface area contributed by atoms with Gasteiger partial charge in [0, 0.05) is 19.6 Å². The second kappa shape index (κ2) is 3.33. The fourth-order valence-electron chi connectivity index (χ4n) is 1.51. The molecule has 0 spiro atoms. The summed E-state index contributed by atoms with van der Waals surface area (Å²) >= 11 is 0. The van der Waals surface area contributed by atoms with Gasteiger partial charge in [-0.15, -0.1) is 0 Å². The van der Waals surface area contributed by atoms with Gasteiger partial charge in [0.1, 0.15) is 0 Å². The van der Waals surface area contributed by atoms with Gasteiger partial charge in [0.25, 0.3) is 0 Å². The Hall–Kier alpha value is -0.730. The average molecular weight is 170 g/mol. The maximum absolute atomic E-state index is 11.3. The van der Waals surface area contributed by atoms with E-state index in [2.05, 4.69) is 12.2 Å². The van der Waals surface area contributed by atoms with Crippen molar-refractivity contribution in [1.29, 1.82) is 0 Å². The Morgan fingerprint density at radius 1 is 1.50 bits per heavy atom. The van der Waals surface area contributed by atoms with E-state index < -0.39 is 0 Å². The van der Waals surface area contributed by atoms with Crippen molar-refractivity contribution >= 4 is 6.03 Å². The van der Waals surface area contributed by atoms with Crippen molar-refractivity contribution in [2.24, 2.45) is 0 Å². The topological polar surface area (TPSA) is 32.3 Å². The number of hydrogen-bond donors (Lipinski definition) is 1. The molecule has 12 heavy (non-hydrogen) atoms. The van der Waals surface area contributed by atoms with Crippen LogP contribution in [0.1, 0.15) is 32.6 Å². The zero-order valence-corrected chi connectivity index (χ0v) is 8.18. The lowest BCUT2D eigenvalue weighted by Gasteiger charge is -2.42. The molecule has 1 aliphatic carbocycles. The van der Waals surface area contributed by atoms with Crippen LogP contribution in [0, 0.1) is 0 Å². The summed E-state index contributed by atoms with van der Waals surface area (Å²) in [5, 5.41) is 3.07. The number of hydrogen-bond acceptors (Lipinski definition) is 1. The molecule has 0 aromatic heterocycles. The first-order chi connectivity index (χ1) is 5.59. The van der Waals surface area contributed by atoms with E-state index in [0.717, 1.165) is 19.3 Å². The third-order valence-electron chi connectivity index (χ3n) is 2.77. The summed E-state index contributed by atoms with van der Waals surface area (Å²) in [7, 11) is 3.55. The normalized spacial score (nSPS) is 19.6. The average Bonchev–Trinajstić information content (AvgIpc) is 1.96. The van der Waals surface area contributed by atoms with E-state index in [1.807, 2.05) is 0 Å². The number of carbonyl (C=O) groups is 1. The lowest BCUT2D eigenvalue weighted by atomic mass is 9.75. The molecule has 0 heterocycles. The molecule has 0 atom stereocenters. The van der Waals surface area contributed by atoms with Gasteiger partial charge in [-0.25, -0.2) is 4.79 Å². The zero-order chi connectivity index (χ0) is 9.19. The Morgan fingerprint density at radius 2 is 2.08 bits per heavy atom. The van der Waals surface area contributed by atoms with E-state index >= 15 is 0 Å². The minimum atomic E-state index is 0.0385. The van der Waals surface area contributed by atoms with Gasteiger partial charge in [-0.2, -0.15) is 0 Å². The van der Waals surface area contributed by atoms with Crippen molar-refractivity contribution in [2.75, 3.05) is 14.1 Å². The van der Waals surface area contributed by atoms with Gasteiger partial charge in [0.05, 0.1) is 0 Å². The van der Waals surface area contributed by atoms with Crippen molar-refractivity contribution in [2.45, 2.75) is 38.1 Å². The molecule has 0 aliphatic heterocycles. The number of nitrogens with one attached hydrogen (secondary N) is 1. The molecule has 1 rings (SSSR count). The van der Waals surface area contributed by atoms with Gasteiger partial charge in [0.2, 0.25) is 0 Å². The Balaban J connectivity index is 2.43. The van der Waals surface area contributed by atoms with Crippen LogP contribution in [0.4, 0.5) is 4.79 Å². The van der Waals surface area contributed by atoms with Crippen LogP contribution in [0.2, 0.25) is 0 Å². The summed E-state index contributed by atoms with van der Waals surface area (Å²) in [5.74, 6) is 0. The number of rotatable bonds is 2. The van der Waals surface area contributed by atoms with Crippen LogP contribution in [0.5, 0.6) is 0 Å². The maximum atomic E-state index is 11.3. The fourth-order valence-corrected chi connectivity index (χ4v) is 1.51. The molecule has 3 nitrogen and oxygen atoms in total. The predicted molar refractivity (Wildman–Crippen MR) is 49.1 cm³/mol. The van der Waals surface area contributed by atoms with Crippen LogP contribution in [-0.4, -0.2) is 30.6 Å². The quantitative estimate of drug-likeness (QED) is 0.670. The molecule has 0 bridgehead atoms. The lowest BCUT2D eigenvalue weighted by molar-refractivity contribution is 0.157. The standard InChI is InChI=1S/C9H18N2O/c1-4-9(6-5-7-9)10-8(12)11(2)3/h4-7H2,1-3H3,(H,10,12). The summed E-state index contributed by atoms with van der Waals surface area (Å²) in [5.41, 5.74) is 0.126. The van der Waals surface area contributed by atoms with Gasteiger partial charge in [-0.1, -0.05) is 6.92 Å². The first kappa shape index (κ1) is 9.36. The van der Waals surface area contributed by atoms with Crippen molar-refractivity contribution in [3.8, 4) is 0 Å². The highest BCUT2D eigenvalue weighted by Gasteiger charge is 2.36. The van der Waals surface area contributed by atoms with E-state index in [9.17, 15) is 4.79 Å². The summed E-state index contributed by atoms with van der Waals surface area (Å²) in [6.07, 6.45) is 4.58. The highest BCUT2D eigenvalue weighted by atomic mass is 16.2. The van der Waals surface area contributed by atoms with Crippen LogP contribution < -0.4 is 5.32 Å². The number of urea groups is 1. The van der Waals surface area contributed by atoms with Gasteiger partial charge in [-0.3, -0.25) is 0 Å². The molecule has 0 aromatic rings. The molecule has 0 radical (unpaired) electrons. The summed E-state index contributed by atoms with van der Waals surface area (Å²) in [6.45, 7) is 2.13. The Kier molecular flexibility index (Phi) is 2.60. The molecule has 3 heteroatoms. The van der Waals surface area contributed by atoms with Gasteiger partial charge in [-0.05, 0) is 25.7 Å². The molecule has 1 fully saturated rings. The van der Waals surface area contributed by atoms with Crippen molar-refractivity contribution < 1.29 is 4.79 Å². The maximum Gasteiger partial charge on any atom is 0.317 e. The summed E-state index contributed by atoms with van der Waals surface area (Å²) in [4.78, 5) is 12.9. The van der Waals surface area contributed by atoms with Crippen molar-refractivity contribution in [3.63, 3.8) is 0 Å². The first-order valence-corrected chi connectivity index (χ1v) is 4.59. The minimum Gasteiger partial charge on any atom is -0.333 e. The smallest absolute Gasteiger partial charge is 0.317 e. The molecular formula is C9H18N2O. The summed E-state index contributed by atoms with van der Waals surface area (Å²) < 4.78 is 0. The Morgan fingerprint density at radius 3 is 2.33 bits per heavy atom. The molecular weight excluding hydrogens is 152 g/mol. The van der Waals surface area contributed by atoms with Gasteiger partial charge < -0.3 is 10.2 Å². The van der Waals surface area contributed by atoms with Crippen molar-refractivity contribution in [1.82, 2.24) is 10.2 Å². The molecule has 0 aromatic carbocycles. The predicted octanol–water partition coefficient (Wildman–Crippen LogP) is 1.59. The third kappa shape index (κ3) is 1.71. The van der Waals surface area contributed by atoms with Crippen LogP contribution in [0.25, 0.3) is 0 Å². The zero-order valence-electron chi connectivity index (χ0n) is 8.18. The minimum absolute atomic E-state index is 0.0385. The molecule has 1 N–H and O–H groups in total. The SMILES string of the molecule is CCC1(NC(=O)N(C)C)CCC1. The lowest BCUT2D eigenvalue weighted by Crippen LogP contribution is -2.55. The monoisotopic (exact) mass is 170 g/mol. The molecule has 70 valence electrons. The third-order valence-corrected chi connectivity index (χ3v) is 2.77. The van der Waals surface area contributed by atoms with Crippen molar-refractivity contribution in [3.05, 3.63) is 0 Å². The largest absolute Gasteiger partial charge is 0.333 e. The number of carbonyl (C=O) groups excluding carboxylic acids is 1. The van der Waals surface area contributed by atoms with E-state index in [4.69, 9.17) is 0 Å². The van der Waals surface area contributed by atoms with Crippen LogP contribution in [0.3, 0.4) is 0 Å². The molecule has 0 unspecified atom stereocenters. The van der Waals surface area contributed by atoms with E-state index in [1.54, 1.807) is 19.0 Å². The first-order valence-electron chi connectivity index (χ1n) is 4.59.